The number of amides is 1. The summed E-state index contributed by atoms with van der Waals surface area (Å²) in [4.78, 5) is 26.1. The molecule has 0 atom stereocenters. The molecule has 1 aromatic carbocycles. The van der Waals surface area contributed by atoms with E-state index >= 15 is 0 Å². The minimum absolute atomic E-state index is 0.0886. The van der Waals surface area contributed by atoms with Crippen molar-refractivity contribution in [1.29, 1.82) is 0 Å². The number of nitrogens with zero attached hydrogens (tertiary/aromatic N) is 1. The Morgan fingerprint density at radius 2 is 2.14 bits per heavy atom. The van der Waals surface area contributed by atoms with E-state index in [0.717, 1.165) is 11.3 Å². The van der Waals surface area contributed by atoms with Crippen LogP contribution in [0.5, 0.6) is 5.75 Å². The number of ether oxygens (including phenoxy) is 1. The molecule has 0 spiro atoms. The van der Waals surface area contributed by atoms with Gasteiger partial charge < -0.3 is 15.2 Å². The Balaban J connectivity index is 1.92. The molecule has 2 N–H and O–H groups in total. The van der Waals surface area contributed by atoms with Gasteiger partial charge in [0, 0.05) is 17.5 Å². The summed E-state index contributed by atoms with van der Waals surface area (Å²) in [5.41, 5.74) is 3.34. The third-order valence-corrected chi connectivity index (χ3v) is 3.20. The third kappa shape index (κ3) is 4.57. The van der Waals surface area contributed by atoms with E-state index in [1.54, 1.807) is 11.6 Å². The molecule has 2 rings (SSSR count). The van der Waals surface area contributed by atoms with E-state index in [2.05, 4.69) is 10.3 Å². The molecule has 0 aliphatic carbocycles. The highest BCUT2D eigenvalue weighted by atomic mass is 32.1. The first-order valence-electron chi connectivity index (χ1n) is 6.25. The molecule has 0 saturated carbocycles. The lowest BCUT2D eigenvalue weighted by atomic mass is 10.1. The summed E-state index contributed by atoms with van der Waals surface area (Å²) in [5, 5.41) is 12.9. The van der Waals surface area contributed by atoms with Gasteiger partial charge in [-0.2, -0.15) is 0 Å². The number of rotatable bonds is 7. The molecule has 0 aliphatic rings. The van der Waals surface area contributed by atoms with Crippen LogP contribution in [-0.2, 0) is 9.59 Å². The highest BCUT2D eigenvalue weighted by Crippen LogP contribution is 2.29. The number of thiazole rings is 1. The van der Waals surface area contributed by atoms with Crippen molar-refractivity contribution in [3.05, 3.63) is 35.2 Å². The molecule has 0 fully saturated rings. The largest absolute Gasteiger partial charge is 0.483 e. The first-order chi connectivity index (χ1) is 10.2. The van der Waals surface area contributed by atoms with Crippen molar-refractivity contribution in [3.8, 4) is 17.0 Å². The summed E-state index contributed by atoms with van der Waals surface area (Å²) in [6.45, 7) is -0.0774. The second-order valence-corrected chi connectivity index (χ2v) is 4.87. The molecule has 6 nitrogen and oxygen atoms in total. The zero-order chi connectivity index (χ0) is 15.1. The fraction of sp³-hybridized carbons (Fsp3) is 0.214. The van der Waals surface area contributed by atoms with Crippen LogP contribution in [0.4, 0.5) is 0 Å². The number of aromatic nitrogens is 1. The molecule has 1 amide bonds. The Bertz CT molecular complexity index is 613. The van der Waals surface area contributed by atoms with Crippen molar-refractivity contribution >= 4 is 23.2 Å². The lowest BCUT2D eigenvalue weighted by molar-refractivity contribution is -0.137. The molecule has 0 bridgehead atoms. The van der Waals surface area contributed by atoms with E-state index in [1.165, 1.54) is 11.3 Å². The molecule has 7 heteroatoms. The number of carboxylic acid groups (broad SMARTS) is 1. The van der Waals surface area contributed by atoms with E-state index in [4.69, 9.17) is 9.84 Å². The number of aliphatic carboxylic acids is 1. The van der Waals surface area contributed by atoms with Crippen molar-refractivity contribution in [1.82, 2.24) is 10.3 Å². The molecular weight excluding hydrogens is 292 g/mol. The summed E-state index contributed by atoms with van der Waals surface area (Å²) in [6.07, 6.45) is -0.110. The molecule has 0 unspecified atom stereocenters. The van der Waals surface area contributed by atoms with Gasteiger partial charge in [0.25, 0.3) is 5.91 Å². The Morgan fingerprint density at radius 1 is 1.33 bits per heavy atom. The Labute approximate surface area is 125 Å². The number of hydrogen-bond donors (Lipinski definition) is 2. The van der Waals surface area contributed by atoms with Crippen LogP contribution >= 0.6 is 11.3 Å². The van der Waals surface area contributed by atoms with Gasteiger partial charge in [-0.3, -0.25) is 9.59 Å². The van der Waals surface area contributed by atoms with Crippen LogP contribution in [0.15, 0.2) is 35.2 Å². The molecule has 110 valence electrons. The lowest BCUT2D eigenvalue weighted by Gasteiger charge is -2.10. The van der Waals surface area contributed by atoms with Gasteiger partial charge in [0.15, 0.2) is 6.61 Å². The zero-order valence-corrected chi connectivity index (χ0v) is 11.9. The van der Waals surface area contributed by atoms with Gasteiger partial charge in [0.1, 0.15) is 5.75 Å². The molecule has 0 aliphatic heterocycles. The topological polar surface area (TPSA) is 88.5 Å². The van der Waals surface area contributed by atoms with Crippen molar-refractivity contribution in [2.24, 2.45) is 0 Å². The SMILES string of the molecule is O=C(O)CCNC(=O)COc1ccccc1-c1cscn1. The number of carbonyl (C=O) groups is 2. The molecule has 2 aromatic rings. The van der Waals surface area contributed by atoms with Crippen molar-refractivity contribution in [2.45, 2.75) is 6.42 Å². The van der Waals surface area contributed by atoms with Crippen LogP contribution in [0.3, 0.4) is 0 Å². The average molecular weight is 306 g/mol. The van der Waals surface area contributed by atoms with Gasteiger partial charge in [0.05, 0.1) is 17.6 Å². The monoisotopic (exact) mass is 306 g/mol. The first kappa shape index (κ1) is 15.0. The molecule has 1 aromatic heterocycles. The van der Waals surface area contributed by atoms with Crippen LogP contribution in [0.1, 0.15) is 6.42 Å². The maximum Gasteiger partial charge on any atom is 0.305 e. The van der Waals surface area contributed by atoms with Gasteiger partial charge in [0.2, 0.25) is 0 Å². The number of carboxylic acids is 1. The Kier molecular flexibility index (Phi) is 5.28. The zero-order valence-electron chi connectivity index (χ0n) is 11.1. The number of carbonyl (C=O) groups excluding carboxylic acids is 1. The molecule has 1 heterocycles. The number of nitrogens with one attached hydrogen (secondary N) is 1. The minimum atomic E-state index is -0.954. The summed E-state index contributed by atoms with van der Waals surface area (Å²) < 4.78 is 5.49. The van der Waals surface area contributed by atoms with Crippen LogP contribution in [0, 0.1) is 0 Å². The second kappa shape index (κ2) is 7.39. The number of hydrogen-bond acceptors (Lipinski definition) is 5. The highest BCUT2D eigenvalue weighted by molar-refractivity contribution is 7.07. The minimum Gasteiger partial charge on any atom is -0.483 e. The van der Waals surface area contributed by atoms with Crippen molar-refractivity contribution in [2.75, 3.05) is 13.2 Å². The standard InChI is InChI=1S/C14H14N2O4S/c17-13(15-6-5-14(18)19)7-20-12-4-2-1-3-10(12)11-8-21-9-16-11/h1-4,8-9H,5-7H2,(H,15,17)(H,18,19). The van der Waals surface area contributed by atoms with E-state index in [9.17, 15) is 9.59 Å². The van der Waals surface area contributed by atoms with Gasteiger partial charge in [-0.1, -0.05) is 12.1 Å². The Hall–Kier alpha value is -2.41. The predicted molar refractivity (Wildman–Crippen MR) is 78.3 cm³/mol. The van der Waals surface area contributed by atoms with Crippen LogP contribution in [0.25, 0.3) is 11.3 Å². The summed E-state index contributed by atoms with van der Waals surface area (Å²) >= 11 is 1.48. The summed E-state index contributed by atoms with van der Waals surface area (Å²) in [5.74, 6) is -0.744. The van der Waals surface area contributed by atoms with Crippen LogP contribution < -0.4 is 10.1 Å². The fourth-order valence-corrected chi connectivity index (χ4v) is 2.20. The number of benzene rings is 1. The first-order valence-corrected chi connectivity index (χ1v) is 7.20. The summed E-state index contributed by atoms with van der Waals surface area (Å²) in [6, 6.07) is 7.31. The van der Waals surface area contributed by atoms with Crippen molar-refractivity contribution < 1.29 is 19.4 Å². The summed E-state index contributed by atoms with van der Waals surface area (Å²) in [7, 11) is 0. The maximum absolute atomic E-state index is 11.6. The average Bonchev–Trinajstić information content (AvgIpc) is 2.99. The Morgan fingerprint density at radius 3 is 2.86 bits per heavy atom. The molecule has 0 radical (unpaired) electrons. The molecule has 0 saturated heterocycles. The van der Waals surface area contributed by atoms with Crippen molar-refractivity contribution in [3.63, 3.8) is 0 Å². The highest BCUT2D eigenvalue weighted by Gasteiger charge is 2.09. The van der Waals surface area contributed by atoms with E-state index in [-0.39, 0.29) is 25.5 Å². The van der Waals surface area contributed by atoms with Gasteiger partial charge in [-0.05, 0) is 12.1 Å². The predicted octanol–water partition coefficient (Wildman–Crippen LogP) is 1.78. The lowest BCUT2D eigenvalue weighted by Crippen LogP contribution is -2.30. The van der Waals surface area contributed by atoms with Gasteiger partial charge in [-0.25, -0.2) is 4.98 Å². The van der Waals surface area contributed by atoms with Crippen LogP contribution in [0.2, 0.25) is 0 Å². The fourth-order valence-electron chi connectivity index (χ4n) is 1.65. The van der Waals surface area contributed by atoms with Gasteiger partial charge in [-0.15, -0.1) is 11.3 Å². The molecular formula is C14H14N2O4S. The quantitative estimate of drug-likeness (QED) is 0.814. The van der Waals surface area contributed by atoms with Crippen LogP contribution in [-0.4, -0.2) is 35.1 Å². The maximum atomic E-state index is 11.6. The van der Waals surface area contributed by atoms with Gasteiger partial charge >= 0.3 is 5.97 Å². The number of para-hydroxylation sites is 1. The van der Waals surface area contributed by atoms with E-state index in [0.29, 0.717) is 5.75 Å². The normalized spacial score (nSPS) is 10.1. The third-order valence-electron chi connectivity index (χ3n) is 2.62. The smallest absolute Gasteiger partial charge is 0.305 e. The second-order valence-electron chi connectivity index (χ2n) is 4.15. The van der Waals surface area contributed by atoms with E-state index < -0.39 is 5.97 Å². The van der Waals surface area contributed by atoms with E-state index in [1.807, 2.05) is 23.6 Å². The molecule has 21 heavy (non-hydrogen) atoms.